The number of hydrogen-bond donors (Lipinski definition) is 2. The number of rotatable bonds is 0. The van der Waals surface area contributed by atoms with E-state index in [9.17, 15) is 0 Å². The molecule has 3 heteroatoms. The average molecular weight is 111 g/mol. The summed E-state index contributed by atoms with van der Waals surface area (Å²) in [5.41, 5.74) is 0. The van der Waals surface area contributed by atoms with Crippen LogP contribution in [0.1, 0.15) is 0 Å². The summed E-state index contributed by atoms with van der Waals surface area (Å²) in [6, 6.07) is 1.12. The molecule has 2 aliphatic heterocycles. The molecule has 2 aliphatic rings. The zero-order valence-corrected chi connectivity index (χ0v) is 4.59. The molecule has 2 heterocycles. The van der Waals surface area contributed by atoms with Gasteiger partial charge in [-0.25, -0.2) is 0 Å². The largest absolute Gasteiger partial charge is 0.370 e. The summed E-state index contributed by atoms with van der Waals surface area (Å²) in [6.45, 7) is 2.12. The van der Waals surface area contributed by atoms with Crippen LogP contribution < -0.4 is 10.6 Å². The van der Waals surface area contributed by atoms with Crippen LogP contribution in [0.25, 0.3) is 0 Å². The Morgan fingerprint density at radius 1 is 1.50 bits per heavy atom. The van der Waals surface area contributed by atoms with Crippen molar-refractivity contribution in [3.05, 3.63) is 0 Å². The van der Waals surface area contributed by atoms with E-state index in [1.807, 2.05) is 6.34 Å². The van der Waals surface area contributed by atoms with Gasteiger partial charge >= 0.3 is 0 Å². The van der Waals surface area contributed by atoms with Crippen molar-refractivity contribution in [3.8, 4) is 0 Å². The number of fused-ring (bicyclic) bond motifs is 1. The van der Waals surface area contributed by atoms with Gasteiger partial charge in [-0.3, -0.25) is 4.99 Å². The van der Waals surface area contributed by atoms with E-state index < -0.39 is 0 Å². The van der Waals surface area contributed by atoms with Crippen molar-refractivity contribution in [2.45, 2.75) is 12.1 Å². The maximum absolute atomic E-state index is 4.20. The molecule has 0 spiro atoms. The van der Waals surface area contributed by atoms with Crippen molar-refractivity contribution in [2.75, 3.05) is 13.1 Å². The maximum Gasteiger partial charge on any atom is 0.0854 e. The second-order valence-electron chi connectivity index (χ2n) is 2.28. The summed E-state index contributed by atoms with van der Waals surface area (Å²) < 4.78 is 0. The lowest BCUT2D eigenvalue weighted by Gasteiger charge is -2.03. The zero-order valence-electron chi connectivity index (χ0n) is 4.59. The molecule has 2 N–H and O–H groups in total. The van der Waals surface area contributed by atoms with E-state index in [0.29, 0.717) is 12.1 Å². The molecule has 8 heavy (non-hydrogen) atoms. The molecule has 3 nitrogen and oxygen atoms in total. The molecule has 0 aromatic rings. The standard InChI is InChI=1S/C5H9N3/c1-4-5(2-6-1)8-3-7-4/h3-6H,1-2H2,(H,7,8). The number of nitrogens with zero attached hydrogens (tertiary/aromatic N) is 1. The molecular weight excluding hydrogens is 102 g/mol. The predicted molar refractivity (Wildman–Crippen MR) is 32.1 cm³/mol. The third kappa shape index (κ3) is 0.448. The van der Waals surface area contributed by atoms with Gasteiger partial charge in [0.2, 0.25) is 0 Å². The highest BCUT2D eigenvalue weighted by Crippen LogP contribution is 2.06. The fourth-order valence-electron chi connectivity index (χ4n) is 1.23. The second kappa shape index (κ2) is 1.45. The summed E-state index contributed by atoms with van der Waals surface area (Å²) in [5, 5.41) is 6.41. The fraction of sp³-hybridized carbons (Fsp3) is 0.800. The van der Waals surface area contributed by atoms with E-state index in [1.165, 1.54) is 0 Å². The van der Waals surface area contributed by atoms with Crippen molar-refractivity contribution in [3.63, 3.8) is 0 Å². The van der Waals surface area contributed by atoms with Gasteiger partial charge in [0, 0.05) is 13.1 Å². The first-order valence-electron chi connectivity index (χ1n) is 2.95. The van der Waals surface area contributed by atoms with Crippen LogP contribution in [0.2, 0.25) is 0 Å². The Bertz CT molecular complexity index is 121. The first-order chi connectivity index (χ1) is 3.97. The van der Waals surface area contributed by atoms with Crippen molar-refractivity contribution in [2.24, 2.45) is 4.99 Å². The van der Waals surface area contributed by atoms with E-state index in [-0.39, 0.29) is 0 Å². The molecule has 2 unspecified atom stereocenters. The summed E-state index contributed by atoms with van der Waals surface area (Å²) in [4.78, 5) is 4.20. The van der Waals surface area contributed by atoms with Crippen LogP contribution in [-0.2, 0) is 0 Å². The van der Waals surface area contributed by atoms with Crippen molar-refractivity contribution < 1.29 is 0 Å². The second-order valence-corrected chi connectivity index (χ2v) is 2.28. The highest BCUT2D eigenvalue weighted by Gasteiger charge is 2.27. The predicted octanol–water partition coefficient (Wildman–Crippen LogP) is -1.04. The Labute approximate surface area is 48.2 Å². The third-order valence-electron chi connectivity index (χ3n) is 1.74. The highest BCUT2D eigenvalue weighted by molar-refractivity contribution is 5.58. The quantitative estimate of drug-likeness (QED) is 0.419. The van der Waals surface area contributed by atoms with E-state index in [2.05, 4.69) is 15.6 Å². The first kappa shape index (κ1) is 4.32. The Kier molecular flexibility index (Phi) is 0.784. The normalized spacial score (nSPS) is 42.0. The maximum atomic E-state index is 4.20. The van der Waals surface area contributed by atoms with E-state index in [1.54, 1.807) is 0 Å². The lowest BCUT2D eigenvalue weighted by Crippen LogP contribution is -2.30. The lowest BCUT2D eigenvalue weighted by molar-refractivity contribution is 0.638. The van der Waals surface area contributed by atoms with Crippen LogP contribution in [0.4, 0.5) is 0 Å². The molecular formula is C5H9N3. The van der Waals surface area contributed by atoms with E-state index in [0.717, 1.165) is 13.1 Å². The topological polar surface area (TPSA) is 36.4 Å². The monoisotopic (exact) mass is 111 g/mol. The van der Waals surface area contributed by atoms with Crippen molar-refractivity contribution in [1.82, 2.24) is 10.6 Å². The minimum Gasteiger partial charge on any atom is -0.370 e. The van der Waals surface area contributed by atoms with Gasteiger partial charge in [0.15, 0.2) is 0 Å². The molecule has 0 aromatic heterocycles. The third-order valence-corrected chi connectivity index (χ3v) is 1.74. The van der Waals surface area contributed by atoms with Crippen molar-refractivity contribution in [1.29, 1.82) is 0 Å². The van der Waals surface area contributed by atoms with Gasteiger partial charge in [-0.15, -0.1) is 0 Å². The molecule has 0 aliphatic carbocycles. The van der Waals surface area contributed by atoms with Gasteiger partial charge < -0.3 is 10.6 Å². The Balaban J connectivity index is 2.13. The molecule has 1 saturated heterocycles. The summed E-state index contributed by atoms with van der Waals surface area (Å²) in [6.07, 6.45) is 1.82. The van der Waals surface area contributed by atoms with E-state index >= 15 is 0 Å². The number of hydrogen-bond acceptors (Lipinski definition) is 3. The molecule has 0 radical (unpaired) electrons. The van der Waals surface area contributed by atoms with Gasteiger partial charge in [-0.05, 0) is 0 Å². The number of aliphatic imine (C=N–C) groups is 1. The Morgan fingerprint density at radius 2 is 2.50 bits per heavy atom. The SMILES string of the molecule is C1=NC2CNCC2N1. The fourth-order valence-corrected chi connectivity index (χ4v) is 1.23. The summed E-state index contributed by atoms with van der Waals surface area (Å²) >= 11 is 0. The summed E-state index contributed by atoms with van der Waals surface area (Å²) in [5.74, 6) is 0. The average Bonchev–Trinajstić information content (AvgIpc) is 2.15. The minimum absolute atomic E-state index is 0.523. The van der Waals surface area contributed by atoms with Gasteiger partial charge in [0.25, 0.3) is 0 Å². The Morgan fingerprint density at radius 3 is 3.38 bits per heavy atom. The first-order valence-corrected chi connectivity index (χ1v) is 2.95. The molecule has 0 aromatic carbocycles. The molecule has 2 atom stereocenters. The molecule has 1 fully saturated rings. The molecule has 0 saturated carbocycles. The molecule has 0 bridgehead atoms. The smallest absolute Gasteiger partial charge is 0.0854 e. The minimum atomic E-state index is 0.523. The van der Waals surface area contributed by atoms with Crippen LogP contribution in [0.5, 0.6) is 0 Å². The Hall–Kier alpha value is -0.570. The van der Waals surface area contributed by atoms with Gasteiger partial charge in [-0.1, -0.05) is 0 Å². The summed E-state index contributed by atoms with van der Waals surface area (Å²) in [7, 11) is 0. The van der Waals surface area contributed by atoms with Crippen LogP contribution in [0.3, 0.4) is 0 Å². The van der Waals surface area contributed by atoms with Gasteiger partial charge in [-0.2, -0.15) is 0 Å². The number of nitrogens with one attached hydrogen (secondary N) is 2. The van der Waals surface area contributed by atoms with Crippen molar-refractivity contribution >= 4 is 6.34 Å². The van der Waals surface area contributed by atoms with Gasteiger partial charge in [0.1, 0.15) is 0 Å². The molecule has 2 rings (SSSR count). The van der Waals surface area contributed by atoms with Crippen LogP contribution in [0.15, 0.2) is 4.99 Å². The van der Waals surface area contributed by atoms with Crippen LogP contribution >= 0.6 is 0 Å². The molecule has 44 valence electrons. The van der Waals surface area contributed by atoms with Crippen LogP contribution in [-0.4, -0.2) is 31.5 Å². The van der Waals surface area contributed by atoms with E-state index in [4.69, 9.17) is 0 Å². The lowest BCUT2D eigenvalue weighted by atomic mass is 10.2. The molecule has 0 amide bonds. The van der Waals surface area contributed by atoms with Gasteiger partial charge in [0.05, 0.1) is 18.4 Å². The van der Waals surface area contributed by atoms with Crippen LogP contribution in [0, 0.1) is 0 Å². The highest BCUT2D eigenvalue weighted by atomic mass is 15.2. The zero-order chi connectivity index (χ0) is 5.40.